The van der Waals surface area contributed by atoms with Gasteiger partial charge in [-0.15, -0.1) is 0 Å². The number of hydrogen-bond donors (Lipinski definition) is 0. The third-order valence-electron chi connectivity index (χ3n) is 11.7. The Morgan fingerprint density at radius 2 is 1.05 bits per heavy atom. The van der Waals surface area contributed by atoms with Crippen LogP contribution < -0.4 is 0 Å². The van der Waals surface area contributed by atoms with E-state index in [1.165, 1.54) is 65.2 Å². The van der Waals surface area contributed by atoms with Crippen molar-refractivity contribution < 1.29 is 4.42 Å². The van der Waals surface area contributed by atoms with Gasteiger partial charge in [0.1, 0.15) is 5.58 Å². The minimum Gasteiger partial charge on any atom is -0.437 e. The molecule has 0 saturated carbocycles. The molecule has 5 heterocycles. The molecule has 254 valence electrons. The number of aromatic nitrogens is 4. The number of rotatable bonds is 3. The van der Waals surface area contributed by atoms with E-state index >= 15 is 0 Å². The lowest BCUT2D eigenvalue weighted by Crippen LogP contribution is -2.02. The molecule has 0 spiro atoms. The molecule has 55 heavy (non-hydrogen) atoms. The van der Waals surface area contributed by atoms with E-state index in [2.05, 4.69) is 161 Å². The zero-order valence-corrected chi connectivity index (χ0v) is 29.4. The molecule has 0 amide bonds. The van der Waals surface area contributed by atoms with Crippen molar-refractivity contribution in [2.45, 2.75) is 0 Å². The second-order valence-corrected chi connectivity index (χ2v) is 14.5. The Kier molecular flexibility index (Phi) is 5.57. The molecule has 8 aromatic carbocycles. The highest BCUT2D eigenvalue weighted by atomic mass is 16.3. The fraction of sp³-hybridized carbons (Fsp3) is 0. The van der Waals surface area contributed by atoms with Crippen LogP contribution in [0.5, 0.6) is 0 Å². The third-order valence-corrected chi connectivity index (χ3v) is 11.7. The highest BCUT2D eigenvalue weighted by Gasteiger charge is 2.27. The average molecular weight is 701 g/mol. The minimum atomic E-state index is 0.566. The Balaban J connectivity index is 1.23. The summed E-state index contributed by atoms with van der Waals surface area (Å²) in [5.74, 6) is 1.42. The van der Waals surface area contributed by atoms with Gasteiger partial charge in [-0.1, -0.05) is 140 Å². The summed E-state index contributed by atoms with van der Waals surface area (Å²) in [4.78, 5) is 10.7. The van der Waals surface area contributed by atoms with E-state index in [-0.39, 0.29) is 0 Å². The Morgan fingerprint density at radius 3 is 1.89 bits per heavy atom. The maximum atomic E-state index is 6.59. The highest BCUT2D eigenvalue weighted by molar-refractivity contribution is 6.38. The second-order valence-electron chi connectivity index (χ2n) is 14.5. The molecule has 5 heteroatoms. The summed E-state index contributed by atoms with van der Waals surface area (Å²) < 4.78 is 11.4. The van der Waals surface area contributed by atoms with Crippen LogP contribution >= 0.6 is 0 Å². The first-order valence-electron chi connectivity index (χ1n) is 18.7. The molecule has 0 bridgehead atoms. The number of fused-ring (bicyclic) bond motifs is 15. The smallest absolute Gasteiger partial charge is 0.233 e. The van der Waals surface area contributed by atoms with Crippen LogP contribution in [0, 0.1) is 0 Å². The van der Waals surface area contributed by atoms with E-state index in [0.717, 1.165) is 44.3 Å². The monoisotopic (exact) mass is 700 g/mol. The van der Waals surface area contributed by atoms with Gasteiger partial charge in [-0.25, -0.2) is 4.98 Å². The van der Waals surface area contributed by atoms with Crippen molar-refractivity contribution in [1.82, 2.24) is 18.9 Å². The molecule has 5 aromatic heterocycles. The van der Waals surface area contributed by atoms with Gasteiger partial charge in [-0.2, -0.15) is 4.98 Å². The van der Waals surface area contributed by atoms with Gasteiger partial charge in [0, 0.05) is 43.3 Å². The zero-order valence-electron chi connectivity index (χ0n) is 29.4. The largest absolute Gasteiger partial charge is 0.437 e. The lowest BCUT2D eigenvalue weighted by molar-refractivity contribution is 0.653. The van der Waals surface area contributed by atoms with E-state index in [1.807, 2.05) is 18.2 Å². The first-order chi connectivity index (χ1) is 27.3. The minimum absolute atomic E-state index is 0.566. The number of benzene rings is 8. The molecule has 0 saturated heterocycles. The molecule has 0 aliphatic carbocycles. The molecular formula is C50H28N4O. The lowest BCUT2D eigenvalue weighted by atomic mass is 9.99. The molecule has 5 nitrogen and oxygen atoms in total. The standard InChI is InChI=1S/C50H28N4O/c1-2-12-29(13-3-1)30-22-24-32(25-23-30)48-51-49(45-36-18-8-11-21-42(36)55-50(45)52-48)54-40-27-26-31-14-4-5-15-33(31)43(40)46-41(54)28-37-34-16-6-9-19-38(34)53-39-20-10-7-17-35(39)44(46)47(37)53/h1-28H. The summed E-state index contributed by atoms with van der Waals surface area (Å²) in [7, 11) is 0. The summed E-state index contributed by atoms with van der Waals surface area (Å²) in [6.07, 6.45) is 0. The fourth-order valence-corrected chi connectivity index (χ4v) is 9.34. The van der Waals surface area contributed by atoms with Crippen LogP contribution in [-0.2, 0) is 0 Å². The van der Waals surface area contributed by atoms with Crippen molar-refractivity contribution in [2.24, 2.45) is 0 Å². The summed E-state index contributed by atoms with van der Waals surface area (Å²) in [5, 5.41) is 11.7. The summed E-state index contributed by atoms with van der Waals surface area (Å²) in [6.45, 7) is 0. The molecule has 0 aliphatic heterocycles. The van der Waals surface area contributed by atoms with Crippen molar-refractivity contribution in [2.75, 3.05) is 0 Å². The second kappa shape index (κ2) is 10.6. The SMILES string of the molecule is c1ccc(-c2ccc(-c3nc(-n4c5ccc6ccccc6c5c5c6c7ccccc7n7c8ccccc8c(cc54)c67)c4c(n3)oc3ccccc34)cc2)cc1. The van der Waals surface area contributed by atoms with Crippen molar-refractivity contribution >= 4 is 92.7 Å². The van der Waals surface area contributed by atoms with Gasteiger partial charge in [0.05, 0.1) is 33.0 Å². The first-order valence-corrected chi connectivity index (χ1v) is 18.7. The van der Waals surface area contributed by atoms with Crippen molar-refractivity contribution in [3.8, 4) is 28.3 Å². The first kappa shape index (κ1) is 29.0. The Morgan fingerprint density at radius 1 is 0.400 bits per heavy atom. The molecular weight excluding hydrogens is 673 g/mol. The Labute approximate surface area is 313 Å². The van der Waals surface area contributed by atoms with Gasteiger partial charge in [-0.05, 0) is 52.2 Å². The third kappa shape index (κ3) is 3.81. The van der Waals surface area contributed by atoms with Gasteiger partial charge in [0.2, 0.25) is 5.71 Å². The molecule has 13 rings (SSSR count). The van der Waals surface area contributed by atoms with E-state index in [4.69, 9.17) is 14.4 Å². The highest BCUT2D eigenvalue weighted by Crippen LogP contribution is 2.49. The molecule has 0 N–H and O–H groups in total. The summed E-state index contributed by atoms with van der Waals surface area (Å²) in [5.41, 5.74) is 10.5. The number of para-hydroxylation sites is 3. The van der Waals surface area contributed by atoms with E-state index in [0.29, 0.717) is 11.5 Å². The topological polar surface area (TPSA) is 48.3 Å². The molecule has 0 atom stereocenters. The fourth-order valence-electron chi connectivity index (χ4n) is 9.34. The maximum absolute atomic E-state index is 6.59. The zero-order chi connectivity index (χ0) is 35.8. The van der Waals surface area contributed by atoms with Crippen molar-refractivity contribution in [1.29, 1.82) is 0 Å². The average Bonchev–Trinajstić information content (AvgIpc) is 3.99. The van der Waals surface area contributed by atoms with E-state index in [9.17, 15) is 0 Å². The summed E-state index contributed by atoms with van der Waals surface area (Å²) in [6, 6.07) is 60.5. The van der Waals surface area contributed by atoms with Crippen LogP contribution in [0.25, 0.3) is 121 Å². The summed E-state index contributed by atoms with van der Waals surface area (Å²) >= 11 is 0. The van der Waals surface area contributed by atoms with Crippen LogP contribution in [0.15, 0.2) is 174 Å². The van der Waals surface area contributed by atoms with Crippen LogP contribution in [0.4, 0.5) is 0 Å². The normalized spacial score (nSPS) is 12.4. The van der Waals surface area contributed by atoms with Gasteiger partial charge in [0.15, 0.2) is 11.6 Å². The molecule has 0 fully saturated rings. The lowest BCUT2D eigenvalue weighted by Gasteiger charge is -2.11. The van der Waals surface area contributed by atoms with Crippen LogP contribution in [0.3, 0.4) is 0 Å². The van der Waals surface area contributed by atoms with Crippen molar-refractivity contribution in [3.63, 3.8) is 0 Å². The van der Waals surface area contributed by atoms with Crippen LogP contribution in [0.2, 0.25) is 0 Å². The predicted octanol–water partition coefficient (Wildman–Crippen LogP) is 13.1. The molecule has 0 aliphatic rings. The van der Waals surface area contributed by atoms with Gasteiger partial charge < -0.3 is 8.82 Å². The molecule has 0 unspecified atom stereocenters. The van der Waals surface area contributed by atoms with Gasteiger partial charge in [0.25, 0.3) is 0 Å². The van der Waals surface area contributed by atoms with Crippen LogP contribution in [-0.4, -0.2) is 18.9 Å². The van der Waals surface area contributed by atoms with Gasteiger partial charge in [-0.3, -0.25) is 4.57 Å². The molecule has 13 aromatic rings. The Hall–Kier alpha value is -7.50. The van der Waals surface area contributed by atoms with E-state index in [1.54, 1.807) is 0 Å². The maximum Gasteiger partial charge on any atom is 0.233 e. The predicted molar refractivity (Wildman–Crippen MR) is 227 cm³/mol. The molecule has 0 radical (unpaired) electrons. The Bertz CT molecular complexity index is 3700. The van der Waals surface area contributed by atoms with Crippen molar-refractivity contribution in [3.05, 3.63) is 170 Å². The number of furan rings is 1. The number of nitrogens with zero attached hydrogens (tertiary/aromatic N) is 4. The number of hydrogen-bond acceptors (Lipinski definition) is 3. The van der Waals surface area contributed by atoms with Gasteiger partial charge >= 0.3 is 0 Å². The van der Waals surface area contributed by atoms with Crippen LogP contribution in [0.1, 0.15) is 0 Å². The van der Waals surface area contributed by atoms with E-state index < -0.39 is 0 Å². The quantitative estimate of drug-likeness (QED) is 0.184.